The normalized spacial score (nSPS) is 9.89. The number of benzene rings is 1. The van der Waals surface area contributed by atoms with Crippen molar-refractivity contribution in [2.75, 3.05) is 7.05 Å². The van der Waals surface area contributed by atoms with E-state index in [-0.39, 0.29) is 0 Å². The Morgan fingerprint density at radius 3 is 2.56 bits per heavy atom. The summed E-state index contributed by atoms with van der Waals surface area (Å²) >= 11 is 0. The minimum Gasteiger partial charge on any atom is -0.457 e. The molecule has 0 saturated heterocycles. The standard InChI is InChI=1S/C15H16N2O/c1-11-4-6-13(7-5-11)18-14-8-9-17-15(10-14)12(2)16-3/h4-10,16H,2H2,1,3H3. The number of ether oxygens (including phenoxy) is 1. The van der Waals surface area contributed by atoms with Crippen molar-refractivity contribution in [2.24, 2.45) is 0 Å². The van der Waals surface area contributed by atoms with Gasteiger partial charge in [-0.1, -0.05) is 24.3 Å². The lowest BCUT2D eigenvalue weighted by atomic mass is 10.2. The van der Waals surface area contributed by atoms with Gasteiger partial charge in [-0.15, -0.1) is 0 Å². The molecule has 1 aromatic carbocycles. The second kappa shape index (κ2) is 5.36. The van der Waals surface area contributed by atoms with Crippen LogP contribution in [0.4, 0.5) is 0 Å². The number of pyridine rings is 1. The molecule has 1 N–H and O–H groups in total. The fourth-order valence-corrected chi connectivity index (χ4v) is 1.51. The van der Waals surface area contributed by atoms with Crippen LogP contribution in [0.25, 0.3) is 5.70 Å². The third-order valence-corrected chi connectivity index (χ3v) is 2.60. The summed E-state index contributed by atoms with van der Waals surface area (Å²) in [6.07, 6.45) is 1.71. The molecule has 0 unspecified atom stereocenters. The highest BCUT2D eigenvalue weighted by Gasteiger charge is 2.02. The summed E-state index contributed by atoms with van der Waals surface area (Å²) in [6, 6.07) is 11.6. The quantitative estimate of drug-likeness (QED) is 0.889. The van der Waals surface area contributed by atoms with E-state index in [0.29, 0.717) is 0 Å². The Labute approximate surface area is 107 Å². The molecule has 92 valence electrons. The van der Waals surface area contributed by atoms with Crippen LogP contribution in [-0.4, -0.2) is 12.0 Å². The molecule has 2 aromatic rings. The second-order valence-corrected chi connectivity index (χ2v) is 4.02. The number of nitrogens with zero attached hydrogens (tertiary/aromatic N) is 1. The average Bonchev–Trinajstić information content (AvgIpc) is 2.41. The van der Waals surface area contributed by atoms with Crippen LogP contribution in [0.5, 0.6) is 11.5 Å². The Hall–Kier alpha value is -2.29. The van der Waals surface area contributed by atoms with Crippen molar-refractivity contribution in [3.05, 3.63) is 60.4 Å². The van der Waals surface area contributed by atoms with Gasteiger partial charge >= 0.3 is 0 Å². The Kier molecular flexibility index (Phi) is 3.63. The molecular formula is C15H16N2O. The molecule has 0 amide bonds. The summed E-state index contributed by atoms with van der Waals surface area (Å²) in [5.74, 6) is 1.56. The van der Waals surface area contributed by atoms with E-state index in [4.69, 9.17) is 4.74 Å². The van der Waals surface area contributed by atoms with Crippen molar-refractivity contribution in [2.45, 2.75) is 6.92 Å². The Morgan fingerprint density at radius 2 is 1.89 bits per heavy atom. The topological polar surface area (TPSA) is 34.1 Å². The summed E-state index contributed by atoms with van der Waals surface area (Å²) in [7, 11) is 1.82. The predicted molar refractivity (Wildman–Crippen MR) is 73.6 cm³/mol. The number of rotatable bonds is 4. The van der Waals surface area contributed by atoms with Crippen LogP contribution in [0.2, 0.25) is 0 Å². The van der Waals surface area contributed by atoms with Crippen LogP contribution in [0.3, 0.4) is 0 Å². The molecule has 3 heteroatoms. The van der Waals surface area contributed by atoms with Crippen molar-refractivity contribution in [3.63, 3.8) is 0 Å². The molecule has 0 bridgehead atoms. The molecule has 0 radical (unpaired) electrons. The molecule has 1 aromatic heterocycles. The maximum absolute atomic E-state index is 5.76. The van der Waals surface area contributed by atoms with Gasteiger partial charge in [-0.05, 0) is 25.1 Å². The number of aromatic nitrogens is 1. The zero-order chi connectivity index (χ0) is 13.0. The van der Waals surface area contributed by atoms with Crippen molar-refractivity contribution >= 4 is 5.70 Å². The summed E-state index contributed by atoms with van der Waals surface area (Å²) < 4.78 is 5.76. The summed E-state index contributed by atoms with van der Waals surface area (Å²) in [5.41, 5.74) is 2.76. The zero-order valence-electron chi connectivity index (χ0n) is 10.6. The third-order valence-electron chi connectivity index (χ3n) is 2.60. The highest BCUT2D eigenvalue weighted by atomic mass is 16.5. The Morgan fingerprint density at radius 1 is 1.17 bits per heavy atom. The summed E-state index contributed by atoms with van der Waals surface area (Å²) in [5, 5.41) is 2.97. The van der Waals surface area contributed by atoms with Gasteiger partial charge in [0, 0.05) is 19.3 Å². The van der Waals surface area contributed by atoms with Crippen LogP contribution in [0.1, 0.15) is 11.3 Å². The molecule has 0 aliphatic carbocycles. The smallest absolute Gasteiger partial charge is 0.131 e. The highest BCUT2D eigenvalue weighted by molar-refractivity contribution is 5.59. The van der Waals surface area contributed by atoms with Crippen molar-refractivity contribution < 1.29 is 4.74 Å². The van der Waals surface area contributed by atoms with Gasteiger partial charge in [0.1, 0.15) is 11.5 Å². The van der Waals surface area contributed by atoms with Crippen molar-refractivity contribution in [1.29, 1.82) is 0 Å². The number of hydrogen-bond acceptors (Lipinski definition) is 3. The molecule has 0 atom stereocenters. The van der Waals surface area contributed by atoms with Gasteiger partial charge in [-0.2, -0.15) is 0 Å². The Bertz CT molecular complexity index is 547. The molecule has 0 fully saturated rings. The minimum atomic E-state index is 0.750. The van der Waals surface area contributed by atoms with Gasteiger partial charge < -0.3 is 10.1 Å². The van der Waals surface area contributed by atoms with Gasteiger partial charge in [-0.3, -0.25) is 4.98 Å². The molecule has 0 aliphatic rings. The van der Waals surface area contributed by atoms with Crippen LogP contribution < -0.4 is 10.1 Å². The molecule has 18 heavy (non-hydrogen) atoms. The van der Waals surface area contributed by atoms with E-state index in [9.17, 15) is 0 Å². The fourth-order valence-electron chi connectivity index (χ4n) is 1.51. The van der Waals surface area contributed by atoms with Crippen molar-refractivity contribution in [3.8, 4) is 11.5 Å². The van der Waals surface area contributed by atoms with E-state index in [1.807, 2.05) is 50.4 Å². The van der Waals surface area contributed by atoms with E-state index in [2.05, 4.69) is 16.9 Å². The van der Waals surface area contributed by atoms with Gasteiger partial charge in [0.25, 0.3) is 0 Å². The first-order valence-corrected chi connectivity index (χ1v) is 5.76. The molecule has 2 rings (SSSR count). The van der Waals surface area contributed by atoms with E-state index in [0.717, 1.165) is 22.9 Å². The number of nitrogens with one attached hydrogen (secondary N) is 1. The molecule has 3 nitrogen and oxygen atoms in total. The molecular weight excluding hydrogens is 224 g/mol. The van der Waals surface area contributed by atoms with Crippen molar-refractivity contribution in [1.82, 2.24) is 10.3 Å². The maximum Gasteiger partial charge on any atom is 0.131 e. The van der Waals surface area contributed by atoms with Gasteiger partial charge in [0.05, 0.1) is 11.4 Å². The van der Waals surface area contributed by atoms with E-state index in [1.54, 1.807) is 6.20 Å². The van der Waals surface area contributed by atoms with Gasteiger partial charge in [0.2, 0.25) is 0 Å². The second-order valence-electron chi connectivity index (χ2n) is 4.02. The lowest BCUT2D eigenvalue weighted by molar-refractivity contribution is 0.481. The number of aryl methyl sites for hydroxylation is 1. The number of hydrogen-bond donors (Lipinski definition) is 1. The monoisotopic (exact) mass is 240 g/mol. The van der Waals surface area contributed by atoms with Crippen LogP contribution >= 0.6 is 0 Å². The summed E-state index contributed by atoms with van der Waals surface area (Å²) in [4.78, 5) is 4.22. The first-order valence-electron chi connectivity index (χ1n) is 5.76. The predicted octanol–water partition coefficient (Wildman–Crippen LogP) is 3.37. The van der Waals surface area contributed by atoms with E-state index >= 15 is 0 Å². The zero-order valence-corrected chi connectivity index (χ0v) is 10.6. The summed E-state index contributed by atoms with van der Waals surface area (Å²) in [6.45, 7) is 5.92. The maximum atomic E-state index is 5.76. The van der Waals surface area contributed by atoms with E-state index in [1.165, 1.54) is 5.56 Å². The molecule has 0 aliphatic heterocycles. The van der Waals surface area contributed by atoms with Gasteiger partial charge in [-0.25, -0.2) is 0 Å². The average molecular weight is 240 g/mol. The lowest BCUT2D eigenvalue weighted by Crippen LogP contribution is -2.04. The first-order chi connectivity index (χ1) is 8.69. The first kappa shape index (κ1) is 12.2. The fraction of sp³-hybridized carbons (Fsp3) is 0.133. The Balaban J connectivity index is 2.19. The largest absolute Gasteiger partial charge is 0.457 e. The van der Waals surface area contributed by atoms with E-state index < -0.39 is 0 Å². The SMILES string of the molecule is C=C(NC)c1cc(Oc2ccc(C)cc2)ccn1. The minimum absolute atomic E-state index is 0.750. The van der Waals surface area contributed by atoms with Gasteiger partial charge in [0.15, 0.2) is 0 Å². The molecule has 0 spiro atoms. The lowest BCUT2D eigenvalue weighted by Gasteiger charge is -2.08. The van der Waals surface area contributed by atoms with Crippen LogP contribution in [0, 0.1) is 6.92 Å². The third kappa shape index (κ3) is 2.88. The van der Waals surface area contributed by atoms with Crippen LogP contribution in [0.15, 0.2) is 49.2 Å². The molecule has 0 saturated carbocycles. The molecule has 1 heterocycles. The van der Waals surface area contributed by atoms with Crippen LogP contribution in [-0.2, 0) is 0 Å². The highest BCUT2D eigenvalue weighted by Crippen LogP contribution is 2.22.